The third-order valence-electron chi connectivity index (χ3n) is 2.93. The molecule has 20 heavy (non-hydrogen) atoms. The fourth-order valence-electron chi connectivity index (χ4n) is 1.95. The summed E-state index contributed by atoms with van der Waals surface area (Å²) in [7, 11) is 1.84. The lowest BCUT2D eigenvalue weighted by atomic mass is 10.0. The summed E-state index contributed by atoms with van der Waals surface area (Å²) in [6.07, 6.45) is 7.86. The van der Waals surface area contributed by atoms with E-state index < -0.39 is 6.61 Å². The van der Waals surface area contributed by atoms with Gasteiger partial charge in [0.15, 0.2) is 0 Å². The van der Waals surface area contributed by atoms with Crippen LogP contribution in [0.3, 0.4) is 0 Å². The minimum atomic E-state index is -2.80. The average Bonchev–Trinajstić information content (AvgIpc) is 2.46. The number of halogens is 2. The average molecular weight is 278 g/mol. The summed E-state index contributed by atoms with van der Waals surface area (Å²) in [5.74, 6) is 0.159. The summed E-state index contributed by atoms with van der Waals surface area (Å²) >= 11 is 0. The maximum absolute atomic E-state index is 12.1. The van der Waals surface area contributed by atoms with Crippen LogP contribution in [0.1, 0.15) is 12.5 Å². The van der Waals surface area contributed by atoms with Crippen LogP contribution in [0, 0.1) is 0 Å². The molecular weight excluding hydrogens is 262 g/mol. The van der Waals surface area contributed by atoms with Crippen molar-refractivity contribution < 1.29 is 13.5 Å². The molecule has 1 aliphatic heterocycles. The number of hydrogen-bond acceptors (Lipinski definition) is 3. The van der Waals surface area contributed by atoms with E-state index >= 15 is 0 Å². The Hall–Kier alpha value is -2.14. The Morgan fingerprint density at radius 2 is 1.95 bits per heavy atom. The van der Waals surface area contributed by atoms with Crippen molar-refractivity contribution in [1.82, 2.24) is 10.4 Å². The summed E-state index contributed by atoms with van der Waals surface area (Å²) < 4.78 is 28.5. The van der Waals surface area contributed by atoms with Gasteiger partial charge in [0.25, 0.3) is 0 Å². The van der Waals surface area contributed by atoms with Crippen LogP contribution in [0.25, 0.3) is 5.57 Å². The van der Waals surface area contributed by atoms with Gasteiger partial charge in [0, 0.05) is 13.2 Å². The Bertz CT molecular complexity index is 547. The van der Waals surface area contributed by atoms with Crippen molar-refractivity contribution in [3.05, 3.63) is 60.0 Å². The highest BCUT2D eigenvalue weighted by molar-refractivity contribution is 5.77. The number of alkyl halides is 2. The Kier molecular flexibility index (Phi) is 4.53. The molecule has 0 bridgehead atoms. The minimum absolute atomic E-state index is 0.159. The van der Waals surface area contributed by atoms with Gasteiger partial charge < -0.3 is 4.74 Å². The number of nitrogens with one attached hydrogen (secondary N) is 1. The van der Waals surface area contributed by atoms with E-state index in [1.54, 1.807) is 12.1 Å². The van der Waals surface area contributed by atoms with Crippen molar-refractivity contribution in [2.24, 2.45) is 0 Å². The van der Waals surface area contributed by atoms with E-state index in [9.17, 15) is 8.78 Å². The van der Waals surface area contributed by atoms with E-state index in [1.165, 1.54) is 12.1 Å². The molecule has 1 aromatic rings. The molecule has 0 saturated carbocycles. The summed E-state index contributed by atoms with van der Waals surface area (Å²) in [6.45, 7) is -0.847. The van der Waals surface area contributed by atoms with Crippen LogP contribution in [0.15, 0.2) is 54.4 Å². The number of ether oxygens (including phenoxy) is 1. The van der Waals surface area contributed by atoms with Gasteiger partial charge in [0.05, 0.1) is 5.70 Å². The van der Waals surface area contributed by atoms with Crippen molar-refractivity contribution in [1.29, 1.82) is 0 Å². The highest BCUT2D eigenvalue weighted by atomic mass is 19.3. The molecule has 0 aliphatic carbocycles. The molecule has 0 amide bonds. The zero-order chi connectivity index (χ0) is 14.5. The number of benzene rings is 1. The lowest BCUT2D eigenvalue weighted by Crippen LogP contribution is -2.29. The Balaban J connectivity index is 2.20. The van der Waals surface area contributed by atoms with Crippen LogP contribution in [0.4, 0.5) is 8.78 Å². The first kappa shape index (κ1) is 14.3. The molecule has 0 atom stereocenters. The van der Waals surface area contributed by atoms with Crippen molar-refractivity contribution in [3.63, 3.8) is 0 Å². The Morgan fingerprint density at radius 1 is 1.25 bits per heavy atom. The van der Waals surface area contributed by atoms with Crippen LogP contribution in [0.2, 0.25) is 0 Å². The van der Waals surface area contributed by atoms with Gasteiger partial charge in [-0.15, -0.1) is 0 Å². The zero-order valence-corrected chi connectivity index (χ0v) is 11.3. The van der Waals surface area contributed by atoms with Gasteiger partial charge in [0.2, 0.25) is 0 Å². The first-order valence-electron chi connectivity index (χ1n) is 6.22. The van der Waals surface area contributed by atoms with E-state index in [0.717, 1.165) is 16.8 Å². The van der Waals surface area contributed by atoms with E-state index in [-0.39, 0.29) is 5.75 Å². The Labute approximate surface area is 116 Å². The fraction of sp³-hybridized carbons (Fsp3) is 0.200. The lowest BCUT2D eigenvalue weighted by Gasteiger charge is -2.24. The first-order chi connectivity index (χ1) is 9.63. The van der Waals surface area contributed by atoms with Crippen LogP contribution >= 0.6 is 0 Å². The Morgan fingerprint density at radius 3 is 2.50 bits per heavy atom. The molecule has 0 aromatic heterocycles. The number of hydrazine groups is 1. The molecule has 0 saturated heterocycles. The second kappa shape index (κ2) is 6.34. The zero-order valence-electron chi connectivity index (χ0n) is 11.3. The number of allylic oxidation sites excluding steroid dienone is 4. The largest absolute Gasteiger partial charge is 0.435 e. The second-order valence-corrected chi connectivity index (χ2v) is 4.13. The minimum Gasteiger partial charge on any atom is -0.435 e. The second-order valence-electron chi connectivity index (χ2n) is 4.13. The molecule has 2 rings (SSSR count). The molecular formula is C15H16F2N2O. The normalized spacial score (nSPS) is 16.8. The summed E-state index contributed by atoms with van der Waals surface area (Å²) in [6, 6.07) is 6.60. The first-order valence-corrected chi connectivity index (χ1v) is 6.22. The van der Waals surface area contributed by atoms with Gasteiger partial charge >= 0.3 is 6.61 Å². The molecule has 0 spiro atoms. The van der Waals surface area contributed by atoms with Crippen molar-refractivity contribution in [3.8, 4) is 5.75 Å². The molecule has 5 heteroatoms. The van der Waals surface area contributed by atoms with Crippen LogP contribution in [-0.4, -0.2) is 18.7 Å². The predicted octanol–water partition coefficient (Wildman–Crippen LogP) is 3.54. The highest BCUT2D eigenvalue weighted by Gasteiger charge is 2.10. The standard InChI is InChI=1S/C15H16F2N2O/c1-3-13-10-12(8-9-19(13)18-2)11-4-6-14(7-5-11)20-15(16)17/h3-10,15,18H,1-2H3/b13-3-. The molecule has 1 aromatic carbocycles. The number of nitrogens with zero attached hydrogens (tertiary/aromatic N) is 1. The lowest BCUT2D eigenvalue weighted by molar-refractivity contribution is -0.0498. The van der Waals surface area contributed by atoms with Gasteiger partial charge in [-0.1, -0.05) is 18.2 Å². The maximum atomic E-state index is 12.1. The molecule has 0 unspecified atom stereocenters. The number of rotatable bonds is 4. The quantitative estimate of drug-likeness (QED) is 0.911. The van der Waals surface area contributed by atoms with Crippen LogP contribution < -0.4 is 10.2 Å². The van der Waals surface area contributed by atoms with Gasteiger partial charge in [0.1, 0.15) is 5.75 Å². The monoisotopic (exact) mass is 278 g/mol. The molecule has 1 aliphatic rings. The summed E-state index contributed by atoms with van der Waals surface area (Å²) in [5.41, 5.74) is 6.00. The van der Waals surface area contributed by atoms with Crippen molar-refractivity contribution in [2.75, 3.05) is 7.05 Å². The van der Waals surface area contributed by atoms with E-state index in [4.69, 9.17) is 0 Å². The van der Waals surface area contributed by atoms with Gasteiger partial charge in [-0.3, -0.25) is 5.01 Å². The fourth-order valence-corrected chi connectivity index (χ4v) is 1.95. The van der Waals surface area contributed by atoms with E-state index in [0.29, 0.717) is 0 Å². The molecule has 0 radical (unpaired) electrons. The molecule has 1 heterocycles. The predicted molar refractivity (Wildman–Crippen MR) is 74.8 cm³/mol. The van der Waals surface area contributed by atoms with Crippen molar-refractivity contribution in [2.45, 2.75) is 13.5 Å². The van der Waals surface area contributed by atoms with E-state index in [2.05, 4.69) is 10.2 Å². The smallest absolute Gasteiger partial charge is 0.387 e. The van der Waals surface area contributed by atoms with Gasteiger partial charge in [-0.25, -0.2) is 5.43 Å². The number of hydrogen-bond donors (Lipinski definition) is 1. The molecule has 1 N–H and O–H groups in total. The maximum Gasteiger partial charge on any atom is 0.387 e. The third-order valence-corrected chi connectivity index (χ3v) is 2.93. The van der Waals surface area contributed by atoms with Crippen LogP contribution in [0.5, 0.6) is 5.75 Å². The molecule has 106 valence electrons. The summed E-state index contributed by atoms with van der Waals surface area (Å²) in [5, 5.41) is 1.89. The van der Waals surface area contributed by atoms with E-state index in [1.807, 2.05) is 43.4 Å². The van der Waals surface area contributed by atoms with Gasteiger partial charge in [-0.05, 0) is 42.3 Å². The topological polar surface area (TPSA) is 24.5 Å². The van der Waals surface area contributed by atoms with Gasteiger partial charge in [-0.2, -0.15) is 8.78 Å². The highest BCUT2D eigenvalue weighted by Crippen LogP contribution is 2.25. The van der Waals surface area contributed by atoms with Crippen molar-refractivity contribution >= 4 is 5.57 Å². The molecule has 3 nitrogen and oxygen atoms in total. The molecule has 0 fully saturated rings. The SMILES string of the molecule is C/C=C1/C=C(c2ccc(OC(F)F)cc2)C=CN1NC. The van der Waals surface area contributed by atoms with Crippen LogP contribution in [-0.2, 0) is 0 Å². The third kappa shape index (κ3) is 3.24. The summed E-state index contributed by atoms with van der Waals surface area (Å²) in [4.78, 5) is 0.